The fourth-order valence-electron chi connectivity index (χ4n) is 3.29. The molecular formula is C17H19N7O. The Morgan fingerprint density at radius 2 is 2.12 bits per heavy atom. The molecule has 1 saturated heterocycles. The fraction of sp³-hybridized carbons (Fsp3) is 0.353. The highest BCUT2D eigenvalue weighted by molar-refractivity contribution is 5.94. The second-order valence-electron chi connectivity index (χ2n) is 6.29. The number of hydrogen-bond donors (Lipinski definition) is 0. The summed E-state index contributed by atoms with van der Waals surface area (Å²) in [5.74, 6) is 0.921. The van der Waals surface area contributed by atoms with Crippen molar-refractivity contribution in [1.82, 2.24) is 29.6 Å². The number of rotatable bonds is 2. The molecule has 0 N–H and O–H groups in total. The first kappa shape index (κ1) is 15.5. The zero-order valence-electron chi connectivity index (χ0n) is 14.2. The summed E-state index contributed by atoms with van der Waals surface area (Å²) in [5.41, 5.74) is 1.45. The zero-order chi connectivity index (χ0) is 17.4. The average molecular weight is 337 g/mol. The number of nitrogens with zero attached hydrogens (tertiary/aromatic N) is 7. The van der Waals surface area contributed by atoms with Crippen LogP contribution in [-0.2, 0) is 7.05 Å². The Bertz CT molecular complexity index is 917. The number of anilines is 1. The summed E-state index contributed by atoms with van der Waals surface area (Å²) < 4.78 is 1.65. The first-order chi connectivity index (χ1) is 12.1. The molecule has 25 heavy (non-hydrogen) atoms. The molecule has 3 aromatic rings. The van der Waals surface area contributed by atoms with E-state index < -0.39 is 0 Å². The van der Waals surface area contributed by atoms with Crippen molar-refractivity contribution in [2.45, 2.75) is 13.0 Å². The lowest BCUT2D eigenvalue weighted by atomic mass is 10.1. The Morgan fingerprint density at radius 3 is 2.88 bits per heavy atom. The predicted octanol–water partition coefficient (Wildman–Crippen LogP) is 1.11. The van der Waals surface area contributed by atoms with Crippen LogP contribution in [0.4, 0.5) is 5.82 Å². The Balaban J connectivity index is 1.56. The third-order valence-electron chi connectivity index (χ3n) is 4.56. The van der Waals surface area contributed by atoms with Crippen LogP contribution in [0.2, 0.25) is 0 Å². The van der Waals surface area contributed by atoms with Gasteiger partial charge in [0.15, 0.2) is 0 Å². The summed E-state index contributed by atoms with van der Waals surface area (Å²) in [7, 11) is 1.81. The van der Waals surface area contributed by atoms with Crippen LogP contribution in [0, 0.1) is 0 Å². The third-order valence-corrected chi connectivity index (χ3v) is 4.56. The minimum atomic E-state index is 0.0250. The maximum atomic E-state index is 12.7. The van der Waals surface area contributed by atoms with Crippen LogP contribution in [0.1, 0.15) is 17.3 Å². The van der Waals surface area contributed by atoms with Crippen molar-refractivity contribution in [2.24, 2.45) is 7.05 Å². The molecule has 8 heteroatoms. The van der Waals surface area contributed by atoms with Gasteiger partial charge in [-0.2, -0.15) is 5.10 Å². The standard InChI is InChI=1S/C17H19N7O/c1-12-9-23(16-14-3-4-18-8-15(14)19-11-20-16)5-6-24(12)17(25)13-7-21-22(2)10-13/h3-4,7-8,10-12H,5-6,9H2,1-2H3. The van der Waals surface area contributed by atoms with Gasteiger partial charge in [0.2, 0.25) is 0 Å². The van der Waals surface area contributed by atoms with Crippen molar-refractivity contribution < 1.29 is 4.79 Å². The molecule has 1 atom stereocenters. The van der Waals surface area contributed by atoms with Crippen molar-refractivity contribution in [3.05, 3.63) is 42.7 Å². The Morgan fingerprint density at radius 1 is 1.24 bits per heavy atom. The van der Waals surface area contributed by atoms with Gasteiger partial charge in [-0.15, -0.1) is 0 Å². The van der Waals surface area contributed by atoms with E-state index in [9.17, 15) is 4.79 Å². The van der Waals surface area contributed by atoms with Gasteiger partial charge in [-0.25, -0.2) is 9.97 Å². The molecule has 8 nitrogen and oxygen atoms in total. The average Bonchev–Trinajstić information content (AvgIpc) is 3.07. The summed E-state index contributed by atoms with van der Waals surface area (Å²) in [6.45, 7) is 4.15. The van der Waals surface area contributed by atoms with E-state index in [2.05, 4.69) is 31.9 Å². The molecule has 0 aliphatic carbocycles. The van der Waals surface area contributed by atoms with Gasteiger partial charge >= 0.3 is 0 Å². The Kier molecular flexibility index (Phi) is 3.79. The molecule has 1 amide bonds. The molecule has 1 unspecified atom stereocenters. The maximum Gasteiger partial charge on any atom is 0.257 e. The summed E-state index contributed by atoms with van der Waals surface area (Å²) >= 11 is 0. The van der Waals surface area contributed by atoms with E-state index in [4.69, 9.17) is 0 Å². The van der Waals surface area contributed by atoms with E-state index in [1.807, 2.05) is 18.0 Å². The lowest BCUT2D eigenvalue weighted by Gasteiger charge is -2.40. The maximum absolute atomic E-state index is 12.7. The van der Waals surface area contributed by atoms with Gasteiger partial charge in [0.1, 0.15) is 12.1 Å². The van der Waals surface area contributed by atoms with Gasteiger partial charge in [0.05, 0.1) is 23.5 Å². The molecule has 4 heterocycles. The zero-order valence-corrected chi connectivity index (χ0v) is 14.2. The van der Waals surface area contributed by atoms with Crippen molar-refractivity contribution in [3.8, 4) is 0 Å². The molecule has 0 radical (unpaired) electrons. The van der Waals surface area contributed by atoms with E-state index in [0.717, 1.165) is 29.8 Å². The number of pyridine rings is 1. The molecule has 128 valence electrons. The number of carbonyl (C=O) groups excluding carboxylic acids is 1. The Hall–Kier alpha value is -3.03. The molecule has 4 rings (SSSR count). The fourth-order valence-corrected chi connectivity index (χ4v) is 3.29. The van der Waals surface area contributed by atoms with Crippen molar-refractivity contribution in [3.63, 3.8) is 0 Å². The molecular weight excluding hydrogens is 318 g/mol. The van der Waals surface area contributed by atoms with Gasteiger partial charge in [-0.05, 0) is 13.0 Å². The van der Waals surface area contributed by atoms with Crippen LogP contribution >= 0.6 is 0 Å². The number of aromatic nitrogens is 5. The van der Waals surface area contributed by atoms with Crippen LogP contribution < -0.4 is 4.90 Å². The highest BCUT2D eigenvalue weighted by Gasteiger charge is 2.29. The third kappa shape index (κ3) is 2.79. The number of amides is 1. The highest BCUT2D eigenvalue weighted by atomic mass is 16.2. The molecule has 1 aliphatic heterocycles. The molecule has 1 fully saturated rings. The van der Waals surface area contributed by atoms with E-state index in [1.165, 1.54) is 0 Å². The van der Waals surface area contributed by atoms with Crippen LogP contribution in [0.5, 0.6) is 0 Å². The van der Waals surface area contributed by atoms with Gasteiger partial charge < -0.3 is 9.80 Å². The van der Waals surface area contributed by atoms with E-state index in [-0.39, 0.29) is 11.9 Å². The summed E-state index contributed by atoms with van der Waals surface area (Å²) in [5, 5.41) is 5.07. The van der Waals surface area contributed by atoms with Gasteiger partial charge in [-0.1, -0.05) is 0 Å². The summed E-state index contributed by atoms with van der Waals surface area (Å²) in [4.78, 5) is 29.7. The monoisotopic (exact) mass is 337 g/mol. The largest absolute Gasteiger partial charge is 0.352 e. The number of hydrogen-bond acceptors (Lipinski definition) is 6. The van der Waals surface area contributed by atoms with Crippen LogP contribution in [0.25, 0.3) is 10.9 Å². The van der Waals surface area contributed by atoms with Crippen molar-refractivity contribution in [2.75, 3.05) is 24.5 Å². The SMILES string of the molecule is CC1CN(c2ncnc3cnccc23)CCN1C(=O)c1cnn(C)c1. The normalized spacial score (nSPS) is 17.9. The van der Waals surface area contributed by atoms with Gasteiger partial charge in [0.25, 0.3) is 5.91 Å². The quantitative estimate of drug-likeness (QED) is 0.697. The first-order valence-corrected chi connectivity index (χ1v) is 8.23. The topological polar surface area (TPSA) is 80.0 Å². The van der Waals surface area contributed by atoms with Gasteiger partial charge in [-0.3, -0.25) is 14.5 Å². The molecule has 3 aromatic heterocycles. The van der Waals surface area contributed by atoms with E-state index in [0.29, 0.717) is 12.1 Å². The lowest BCUT2D eigenvalue weighted by Crippen LogP contribution is -2.54. The number of piperazine rings is 1. The summed E-state index contributed by atoms with van der Waals surface area (Å²) in [6, 6.07) is 2.01. The highest BCUT2D eigenvalue weighted by Crippen LogP contribution is 2.25. The predicted molar refractivity (Wildman–Crippen MR) is 93.3 cm³/mol. The van der Waals surface area contributed by atoms with Gasteiger partial charge in [0, 0.05) is 50.5 Å². The van der Waals surface area contributed by atoms with Crippen molar-refractivity contribution in [1.29, 1.82) is 0 Å². The second-order valence-corrected chi connectivity index (χ2v) is 6.29. The van der Waals surface area contributed by atoms with Crippen LogP contribution in [0.3, 0.4) is 0 Å². The first-order valence-electron chi connectivity index (χ1n) is 8.23. The molecule has 1 aliphatic rings. The minimum Gasteiger partial charge on any atom is -0.352 e. The summed E-state index contributed by atoms with van der Waals surface area (Å²) in [6.07, 6.45) is 8.43. The van der Waals surface area contributed by atoms with Crippen molar-refractivity contribution >= 4 is 22.6 Å². The molecule has 0 spiro atoms. The van der Waals surface area contributed by atoms with E-state index in [1.54, 1.807) is 35.8 Å². The molecule has 0 aromatic carbocycles. The van der Waals surface area contributed by atoms with Crippen LogP contribution in [-0.4, -0.2) is 61.2 Å². The van der Waals surface area contributed by atoms with E-state index >= 15 is 0 Å². The lowest BCUT2D eigenvalue weighted by molar-refractivity contribution is 0.0674. The Labute approximate surface area is 145 Å². The minimum absolute atomic E-state index is 0.0250. The molecule has 0 bridgehead atoms. The number of carbonyl (C=O) groups is 1. The van der Waals surface area contributed by atoms with Crippen LogP contribution in [0.15, 0.2) is 37.2 Å². The number of aryl methyl sites for hydroxylation is 1. The smallest absolute Gasteiger partial charge is 0.257 e. The second kappa shape index (κ2) is 6.12. The molecule has 0 saturated carbocycles. The number of fused-ring (bicyclic) bond motifs is 1.